The summed E-state index contributed by atoms with van der Waals surface area (Å²) >= 11 is 9.76. The first-order valence-electron chi connectivity index (χ1n) is 4.73. The summed E-state index contributed by atoms with van der Waals surface area (Å²) in [4.78, 5) is 4.57. The Bertz CT molecular complexity index is 567. The molecule has 0 saturated heterocycles. The maximum atomic E-state index is 5.70. The first-order valence-corrected chi connectivity index (χ1v) is 6.71. The van der Waals surface area contributed by atoms with Crippen LogP contribution in [0.3, 0.4) is 0 Å². The number of hydrogen-bond donors (Lipinski definition) is 2. The molecule has 0 aliphatic carbocycles. The number of nitrogens with two attached hydrogens (primary N) is 1. The molecule has 0 aliphatic heterocycles. The molecule has 0 amide bonds. The highest BCUT2D eigenvalue weighted by molar-refractivity contribution is 9.10. The summed E-state index contributed by atoms with van der Waals surface area (Å²) in [5.41, 5.74) is 7.30. The van der Waals surface area contributed by atoms with E-state index in [-0.39, 0.29) is 0 Å². The van der Waals surface area contributed by atoms with Crippen molar-refractivity contribution < 1.29 is 0 Å². The van der Waals surface area contributed by atoms with Crippen LogP contribution in [0, 0.1) is 6.92 Å². The third-order valence-electron chi connectivity index (χ3n) is 2.03. The lowest BCUT2D eigenvalue weighted by Crippen LogP contribution is -2.12. The van der Waals surface area contributed by atoms with Crippen molar-refractivity contribution in [3.05, 3.63) is 34.1 Å². The molecule has 0 fully saturated rings. The van der Waals surface area contributed by atoms with E-state index in [0.717, 1.165) is 26.7 Å². The zero-order valence-corrected chi connectivity index (χ0v) is 12.1. The van der Waals surface area contributed by atoms with Crippen LogP contribution in [0.4, 0.5) is 10.8 Å². The van der Waals surface area contributed by atoms with Crippen LogP contribution in [0.25, 0.3) is 0 Å². The molecule has 88 valence electrons. The Morgan fingerprint density at radius 1 is 1.53 bits per heavy atom. The quantitative estimate of drug-likeness (QED) is 0.848. The fraction of sp³-hybridized carbons (Fsp3) is 0.100. The number of aryl methyl sites for hydroxylation is 1. The molecule has 3 N–H and O–H groups in total. The standard InChI is InChI=1S/C10H9BrN4S2/c1-5-13-10(17-15-5)14-7-4-2-3-6(11)8(7)9(12)16/h2-4H,1H3,(H2,12,16)(H,13,14,15). The average Bonchev–Trinajstić information content (AvgIpc) is 2.63. The number of halogens is 1. The molecule has 17 heavy (non-hydrogen) atoms. The molecule has 0 bridgehead atoms. The number of thiocarbonyl (C=S) groups is 1. The average molecular weight is 329 g/mol. The molecule has 7 heteroatoms. The van der Waals surface area contributed by atoms with E-state index in [0.29, 0.717) is 4.99 Å². The van der Waals surface area contributed by atoms with E-state index >= 15 is 0 Å². The molecule has 1 aromatic carbocycles. The van der Waals surface area contributed by atoms with Gasteiger partial charge in [-0.25, -0.2) is 4.98 Å². The number of anilines is 2. The van der Waals surface area contributed by atoms with Crippen molar-refractivity contribution >= 4 is 55.5 Å². The van der Waals surface area contributed by atoms with Crippen molar-refractivity contribution in [3.8, 4) is 0 Å². The van der Waals surface area contributed by atoms with Gasteiger partial charge < -0.3 is 11.1 Å². The monoisotopic (exact) mass is 328 g/mol. The van der Waals surface area contributed by atoms with Gasteiger partial charge >= 0.3 is 0 Å². The number of aromatic nitrogens is 2. The Morgan fingerprint density at radius 2 is 2.29 bits per heavy atom. The summed E-state index contributed by atoms with van der Waals surface area (Å²) in [6.45, 7) is 1.84. The lowest BCUT2D eigenvalue weighted by molar-refractivity contribution is 1.17. The number of nitrogens with one attached hydrogen (secondary N) is 1. The van der Waals surface area contributed by atoms with E-state index in [9.17, 15) is 0 Å². The second-order valence-electron chi connectivity index (χ2n) is 3.30. The predicted molar refractivity (Wildman–Crippen MR) is 78.0 cm³/mol. The van der Waals surface area contributed by atoms with Crippen LogP contribution in [0.2, 0.25) is 0 Å². The van der Waals surface area contributed by atoms with Crippen molar-refractivity contribution in [2.75, 3.05) is 5.32 Å². The predicted octanol–water partition coefficient (Wildman–Crippen LogP) is 2.99. The van der Waals surface area contributed by atoms with E-state index in [1.165, 1.54) is 11.5 Å². The van der Waals surface area contributed by atoms with Gasteiger partial charge in [-0.15, -0.1) is 0 Å². The van der Waals surface area contributed by atoms with Crippen molar-refractivity contribution in [2.45, 2.75) is 6.92 Å². The van der Waals surface area contributed by atoms with Crippen LogP contribution in [-0.2, 0) is 0 Å². The highest BCUT2D eigenvalue weighted by atomic mass is 79.9. The van der Waals surface area contributed by atoms with E-state index in [2.05, 4.69) is 30.6 Å². The minimum atomic E-state index is 0.334. The highest BCUT2D eigenvalue weighted by Crippen LogP contribution is 2.27. The fourth-order valence-electron chi connectivity index (χ4n) is 1.34. The summed E-state index contributed by atoms with van der Waals surface area (Å²) in [7, 11) is 0. The SMILES string of the molecule is Cc1nsc(Nc2cccc(Br)c2C(N)=S)n1. The van der Waals surface area contributed by atoms with Crippen molar-refractivity contribution in [2.24, 2.45) is 5.73 Å². The van der Waals surface area contributed by atoms with Crippen molar-refractivity contribution in [3.63, 3.8) is 0 Å². The number of hydrogen-bond acceptors (Lipinski definition) is 5. The van der Waals surface area contributed by atoms with E-state index in [4.69, 9.17) is 18.0 Å². The van der Waals surface area contributed by atoms with Gasteiger partial charge in [0.25, 0.3) is 0 Å². The Kier molecular flexibility index (Phi) is 3.70. The zero-order valence-electron chi connectivity index (χ0n) is 8.90. The van der Waals surface area contributed by atoms with E-state index < -0.39 is 0 Å². The summed E-state index contributed by atoms with van der Waals surface area (Å²) in [6.07, 6.45) is 0. The summed E-state index contributed by atoms with van der Waals surface area (Å²) in [5, 5.41) is 3.88. The van der Waals surface area contributed by atoms with Gasteiger partial charge in [-0.05, 0) is 35.0 Å². The summed E-state index contributed by atoms with van der Waals surface area (Å²) in [6, 6.07) is 5.70. The zero-order chi connectivity index (χ0) is 12.4. The molecule has 2 rings (SSSR count). The molecule has 0 radical (unpaired) electrons. The molecule has 2 aromatic rings. The molecule has 0 spiro atoms. The lowest BCUT2D eigenvalue weighted by Gasteiger charge is -2.10. The molecule has 0 atom stereocenters. The number of nitrogens with zero attached hydrogens (tertiary/aromatic N) is 2. The second-order valence-corrected chi connectivity index (χ2v) is 5.34. The summed E-state index contributed by atoms with van der Waals surface area (Å²) < 4.78 is 4.96. The minimum absolute atomic E-state index is 0.334. The van der Waals surface area contributed by atoms with Crippen LogP contribution in [0.1, 0.15) is 11.4 Å². The molecule has 0 saturated carbocycles. The minimum Gasteiger partial charge on any atom is -0.389 e. The van der Waals surface area contributed by atoms with Gasteiger partial charge in [0.15, 0.2) is 0 Å². The fourth-order valence-corrected chi connectivity index (χ4v) is 2.86. The van der Waals surface area contributed by atoms with Crippen LogP contribution in [-0.4, -0.2) is 14.3 Å². The van der Waals surface area contributed by atoms with Crippen LogP contribution < -0.4 is 11.1 Å². The van der Waals surface area contributed by atoms with E-state index in [1.54, 1.807) is 0 Å². The Morgan fingerprint density at radius 3 is 2.88 bits per heavy atom. The summed E-state index contributed by atoms with van der Waals surface area (Å²) in [5.74, 6) is 0.740. The largest absolute Gasteiger partial charge is 0.389 e. The van der Waals surface area contributed by atoms with E-state index in [1.807, 2.05) is 25.1 Å². The first-order chi connectivity index (χ1) is 8.08. The van der Waals surface area contributed by atoms with Gasteiger partial charge in [0.05, 0.1) is 5.69 Å². The van der Waals surface area contributed by atoms with Crippen LogP contribution >= 0.6 is 39.7 Å². The smallest absolute Gasteiger partial charge is 0.207 e. The van der Waals surface area contributed by atoms with Crippen molar-refractivity contribution in [1.82, 2.24) is 9.36 Å². The Balaban J connectivity index is 2.39. The van der Waals surface area contributed by atoms with Gasteiger partial charge in [0, 0.05) is 21.6 Å². The Hall–Kier alpha value is -1.05. The maximum Gasteiger partial charge on any atom is 0.207 e. The molecule has 1 heterocycles. The number of rotatable bonds is 3. The second kappa shape index (κ2) is 5.07. The Labute approximate surface area is 117 Å². The lowest BCUT2D eigenvalue weighted by atomic mass is 10.2. The topological polar surface area (TPSA) is 63.8 Å². The number of benzene rings is 1. The highest BCUT2D eigenvalue weighted by Gasteiger charge is 2.10. The molecule has 0 aliphatic rings. The molecule has 4 nitrogen and oxygen atoms in total. The van der Waals surface area contributed by atoms with Gasteiger partial charge in [0.2, 0.25) is 5.13 Å². The van der Waals surface area contributed by atoms with Crippen LogP contribution in [0.15, 0.2) is 22.7 Å². The van der Waals surface area contributed by atoms with Gasteiger partial charge in [0.1, 0.15) is 10.8 Å². The maximum absolute atomic E-state index is 5.70. The molecular weight excluding hydrogens is 320 g/mol. The first kappa shape index (κ1) is 12.4. The molecule has 1 aromatic heterocycles. The third-order valence-corrected chi connectivity index (χ3v) is 3.62. The molecule has 0 unspecified atom stereocenters. The molecular formula is C10H9BrN4S2. The van der Waals surface area contributed by atoms with Crippen LogP contribution in [0.5, 0.6) is 0 Å². The van der Waals surface area contributed by atoms with Gasteiger partial charge in [-0.2, -0.15) is 4.37 Å². The van der Waals surface area contributed by atoms with Gasteiger partial charge in [-0.1, -0.05) is 18.3 Å². The van der Waals surface area contributed by atoms with Gasteiger partial charge in [-0.3, -0.25) is 0 Å². The third kappa shape index (κ3) is 2.80. The normalized spacial score (nSPS) is 10.2. The van der Waals surface area contributed by atoms with Crippen molar-refractivity contribution in [1.29, 1.82) is 0 Å².